The van der Waals surface area contributed by atoms with Crippen molar-refractivity contribution in [1.29, 1.82) is 0 Å². The fourth-order valence-corrected chi connectivity index (χ4v) is 1.38. The van der Waals surface area contributed by atoms with E-state index in [9.17, 15) is 0 Å². The van der Waals surface area contributed by atoms with Crippen molar-refractivity contribution in [3.8, 4) is 0 Å². The highest BCUT2D eigenvalue weighted by molar-refractivity contribution is 4.72. The smallest absolute Gasteiger partial charge is 0.284 e. The molecule has 0 radical (unpaired) electrons. The second-order valence-corrected chi connectivity index (χ2v) is 4.23. The molecule has 5 heteroatoms. The Morgan fingerprint density at radius 2 is 0.857 bits per heavy atom. The maximum absolute atomic E-state index is 5.75. The first-order chi connectivity index (χ1) is 9.95. The third-order valence-corrected chi connectivity index (χ3v) is 2.22. The van der Waals surface area contributed by atoms with Gasteiger partial charge in [0.05, 0.1) is 26.4 Å². The molecule has 5 nitrogen and oxygen atoms in total. The Bertz CT molecular complexity index is 282. The predicted molar refractivity (Wildman–Crippen MR) is 82.5 cm³/mol. The topological polar surface area (TPSA) is 46.2 Å². The second kappa shape index (κ2) is 10.5. The van der Waals surface area contributed by atoms with Crippen molar-refractivity contribution in [3.05, 3.63) is 50.6 Å². The van der Waals surface area contributed by atoms with Gasteiger partial charge in [-0.25, -0.2) is 0 Å². The highest BCUT2D eigenvalue weighted by atomic mass is 17.0. The van der Waals surface area contributed by atoms with Gasteiger partial charge in [-0.2, -0.15) is 0 Å². The summed E-state index contributed by atoms with van der Waals surface area (Å²) in [5.74, 6) is -2.75. The quantitative estimate of drug-likeness (QED) is 0.364. The zero-order valence-electron chi connectivity index (χ0n) is 13.0. The molecule has 0 aliphatic heterocycles. The molecule has 0 atom stereocenters. The molecule has 0 saturated carbocycles. The van der Waals surface area contributed by atoms with Crippen LogP contribution in [0.15, 0.2) is 50.6 Å². The van der Waals surface area contributed by atoms with E-state index in [1.54, 1.807) is 38.2 Å². The molecule has 0 aliphatic rings. The van der Waals surface area contributed by atoms with Gasteiger partial charge in [0.25, 0.3) is 11.9 Å². The molecule has 0 saturated heterocycles. The van der Waals surface area contributed by atoms with Crippen LogP contribution in [0.2, 0.25) is 0 Å². The van der Waals surface area contributed by atoms with Crippen LogP contribution in [-0.2, 0) is 23.7 Å². The summed E-state index contributed by atoms with van der Waals surface area (Å²) in [5.41, 5.74) is 0. The molecule has 0 spiro atoms. The van der Waals surface area contributed by atoms with Gasteiger partial charge in [-0.3, -0.25) is 4.74 Å². The van der Waals surface area contributed by atoms with E-state index >= 15 is 0 Å². The highest BCUT2D eigenvalue weighted by Crippen LogP contribution is 2.26. The lowest BCUT2D eigenvalue weighted by Crippen LogP contribution is -2.48. The van der Waals surface area contributed by atoms with Gasteiger partial charge in [-0.15, -0.1) is 26.3 Å². The van der Waals surface area contributed by atoms with Crippen LogP contribution in [0, 0.1) is 0 Å². The SMILES string of the molecule is C=CCOC(C)(OCC=C)OC(C)(OCC=C)OCC=C. The Labute approximate surface area is 127 Å². The van der Waals surface area contributed by atoms with Crippen LogP contribution >= 0.6 is 0 Å². The van der Waals surface area contributed by atoms with E-state index in [1.807, 2.05) is 0 Å². The fourth-order valence-electron chi connectivity index (χ4n) is 1.38. The van der Waals surface area contributed by atoms with Crippen molar-refractivity contribution in [2.24, 2.45) is 0 Å². The molecule has 0 aliphatic carbocycles. The minimum atomic E-state index is -1.38. The molecular formula is C16H26O5. The van der Waals surface area contributed by atoms with Crippen LogP contribution in [0.25, 0.3) is 0 Å². The molecule has 0 N–H and O–H groups in total. The summed E-state index contributed by atoms with van der Waals surface area (Å²) in [7, 11) is 0. The zero-order chi connectivity index (χ0) is 16.2. The number of ether oxygens (including phenoxy) is 5. The lowest BCUT2D eigenvalue weighted by atomic mass is 10.5. The minimum absolute atomic E-state index is 0.243. The van der Waals surface area contributed by atoms with Gasteiger partial charge >= 0.3 is 0 Å². The van der Waals surface area contributed by atoms with Crippen LogP contribution < -0.4 is 0 Å². The van der Waals surface area contributed by atoms with Crippen molar-refractivity contribution in [1.82, 2.24) is 0 Å². The lowest BCUT2D eigenvalue weighted by molar-refractivity contribution is -0.487. The van der Waals surface area contributed by atoms with E-state index in [0.717, 1.165) is 0 Å². The summed E-state index contributed by atoms with van der Waals surface area (Å²) in [6.45, 7) is 18.6. The van der Waals surface area contributed by atoms with Crippen LogP contribution in [0.4, 0.5) is 0 Å². The Morgan fingerprint density at radius 1 is 0.619 bits per heavy atom. The summed E-state index contributed by atoms with van der Waals surface area (Å²) >= 11 is 0. The normalized spacial score (nSPS) is 11.9. The van der Waals surface area contributed by atoms with Gasteiger partial charge < -0.3 is 18.9 Å². The molecule has 0 aromatic rings. The maximum atomic E-state index is 5.75. The highest BCUT2D eigenvalue weighted by Gasteiger charge is 2.39. The summed E-state index contributed by atoms with van der Waals surface area (Å²) < 4.78 is 27.8. The van der Waals surface area contributed by atoms with Gasteiger partial charge in [-0.05, 0) is 0 Å². The zero-order valence-corrected chi connectivity index (χ0v) is 13.0. The molecular weight excluding hydrogens is 272 g/mol. The van der Waals surface area contributed by atoms with E-state index in [-0.39, 0.29) is 26.4 Å². The number of hydrogen-bond acceptors (Lipinski definition) is 5. The van der Waals surface area contributed by atoms with Gasteiger partial charge in [-0.1, -0.05) is 24.3 Å². The average molecular weight is 298 g/mol. The maximum Gasteiger partial charge on any atom is 0.284 e. The van der Waals surface area contributed by atoms with Crippen molar-refractivity contribution in [2.45, 2.75) is 25.8 Å². The molecule has 0 amide bonds. The molecule has 21 heavy (non-hydrogen) atoms. The van der Waals surface area contributed by atoms with E-state index < -0.39 is 11.9 Å². The lowest BCUT2D eigenvalue weighted by Gasteiger charge is -2.38. The number of hydrogen-bond donors (Lipinski definition) is 0. The van der Waals surface area contributed by atoms with Crippen LogP contribution in [0.1, 0.15) is 13.8 Å². The van der Waals surface area contributed by atoms with E-state index in [2.05, 4.69) is 26.3 Å². The molecule has 120 valence electrons. The van der Waals surface area contributed by atoms with Gasteiger partial charge in [0.15, 0.2) is 0 Å². The Hall–Kier alpha value is -1.24. The van der Waals surface area contributed by atoms with Crippen molar-refractivity contribution < 1.29 is 23.7 Å². The third kappa shape index (κ3) is 8.60. The monoisotopic (exact) mass is 298 g/mol. The Balaban J connectivity index is 4.96. The van der Waals surface area contributed by atoms with Crippen LogP contribution in [0.5, 0.6) is 0 Å². The van der Waals surface area contributed by atoms with Gasteiger partial charge in [0.1, 0.15) is 0 Å². The fraction of sp³-hybridized carbons (Fsp3) is 0.500. The van der Waals surface area contributed by atoms with Crippen LogP contribution in [-0.4, -0.2) is 38.4 Å². The average Bonchev–Trinajstić information content (AvgIpc) is 2.47. The van der Waals surface area contributed by atoms with Crippen molar-refractivity contribution in [2.75, 3.05) is 26.4 Å². The van der Waals surface area contributed by atoms with Crippen molar-refractivity contribution in [3.63, 3.8) is 0 Å². The molecule has 0 bridgehead atoms. The first-order valence-corrected chi connectivity index (χ1v) is 6.65. The molecule has 0 aromatic carbocycles. The van der Waals surface area contributed by atoms with Crippen molar-refractivity contribution >= 4 is 0 Å². The predicted octanol–water partition coefficient (Wildman–Crippen LogP) is 3.16. The molecule has 0 aromatic heterocycles. The minimum Gasteiger partial charge on any atom is -0.323 e. The van der Waals surface area contributed by atoms with E-state index in [4.69, 9.17) is 23.7 Å². The van der Waals surface area contributed by atoms with E-state index in [0.29, 0.717) is 0 Å². The van der Waals surface area contributed by atoms with Gasteiger partial charge in [0.2, 0.25) is 0 Å². The third-order valence-electron chi connectivity index (χ3n) is 2.22. The first kappa shape index (κ1) is 19.8. The summed E-state index contributed by atoms with van der Waals surface area (Å²) in [6.07, 6.45) is 6.35. The Kier molecular flexibility index (Phi) is 9.86. The molecule has 0 unspecified atom stereocenters. The second-order valence-electron chi connectivity index (χ2n) is 4.23. The molecule has 0 rings (SSSR count). The summed E-state index contributed by atoms with van der Waals surface area (Å²) in [4.78, 5) is 0. The first-order valence-electron chi connectivity index (χ1n) is 6.65. The summed E-state index contributed by atoms with van der Waals surface area (Å²) in [6, 6.07) is 0. The van der Waals surface area contributed by atoms with Crippen LogP contribution in [0.3, 0.4) is 0 Å². The Morgan fingerprint density at radius 3 is 1.05 bits per heavy atom. The van der Waals surface area contributed by atoms with E-state index in [1.165, 1.54) is 0 Å². The summed E-state index contributed by atoms with van der Waals surface area (Å²) in [5, 5.41) is 0. The molecule has 0 heterocycles. The standard InChI is InChI=1S/C16H26O5/c1-7-11-17-15(5,18-12-8-2)21-16(6,19-13-9-3)20-14-10-4/h7-10H,1-4,11-14H2,5-6H3. The number of rotatable bonds is 14. The largest absolute Gasteiger partial charge is 0.323 e. The molecule has 0 fully saturated rings. The van der Waals surface area contributed by atoms with Gasteiger partial charge in [0, 0.05) is 13.8 Å².